The lowest BCUT2D eigenvalue weighted by Gasteiger charge is -2.46. The molecule has 21 rings (SSSR count). The Bertz CT molecular complexity index is 6400. The Hall–Kier alpha value is -14.1. The molecule has 0 radical (unpaired) electrons. The van der Waals surface area contributed by atoms with E-state index in [1.807, 2.05) is 0 Å². The third kappa shape index (κ3) is 11.1. The van der Waals surface area contributed by atoms with E-state index in [0.29, 0.717) is 0 Å². The van der Waals surface area contributed by atoms with Gasteiger partial charge in [-0.1, -0.05) is 406 Å². The van der Waals surface area contributed by atoms with Crippen LogP contribution in [0.5, 0.6) is 0 Å². The van der Waals surface area contributed by atoms with Gasteiger partial charge in [-0.3, -0.25) is 0 Å². The van der Waals surface area contributed by atoms with Crippen LogP contribution in [-0.2, 0) is 5.41 Å². The Morgan fingerprint density at radius 3 is 1.01 bits per heavy atom. The molecule has 19 aromatic rings. The molecule has 0 aliphatic carbocycles. The Labute approximate surface area is 675 Å². The van der Waals surface area contributed by atoms with Gasteiger partial charge < -0.3 is 14.4 Å². The molecule has 0 N–H and O–H groups in total. The van der Waals surface area contributed by atoms with Crippen LogP contribution in [0.2, 0.25) is 0 Å². The Balaban J connectivity index is 0.878. The molecule has 3 heterocycles. The van der Waals surface area contributed by atoms with Gasteiger partial charge in [0.25, 0.3) is 6.71 Å². The Kier molecular flexibility index (Phi) is 17.3. The van der Waals surface area contributed by atoms with Gasteiger partial charge in [-0.15, -0.1) is 0 Å². The minimum Gasteiger partial charge on any atom is -0.311 e. The van der Waals surface area contributed by atoms with Crippen molar-refractivity contribution < 1.29 is 0 Å². The van der Waals surface area contributed by atoms with Crippen molar-refractivity contribution in [3.05, 3.63) is 495 Å². The fraction of sp³-hybridized carbons (Fsp3) is 0.00917. The van der Waals surface area contributed by atoms with Crippen molar-refractivity contribution in [2.75, 3.05) is 9.80 Å². The minimum absolute atomic E-state index is 0.286. The van der Waals surface area contributed by atoms with Crippen LogP contribution in [0.25, 0.3) is 49.7 Å². The van der Waals surface area contributed by atoms with Gasteiger partial charge in [0, 0.05) is 56.1 Å². The van der Waals surface area contributed by atoms with E-state index in [9.17, 15) is 0 Å². The maximum Gasteiger partial charge on any atom is 0.252 e. The normalized spacial score (nSPS) is 12.5. The highest BCUT2D eigenvalue weighted by Crippen LogP contribution is 2.51. The van der Waals surface area contributed by atoms with Crippen molar-refractivity contribution in [3.8, 4) is 27.9 Å². The van der Waals surface area contributed by atoms with Crippen LogP contribution in [0.1, 0.15) is 22.3 Å². The summed E-state index contributed by atoms with van der Waals surface area (Å²) in [5, 5.41) is 13.0. The molecule has 2 aliphatic heterocycles. The van der Waals surface area contributed by atoms with E-state index in [1.54, 1.807) is 0 Å². The standard InChI is InChI=1S/C109H78BN3Si2/c1-11-37-79(38-12-1)97-61-36-62-100-108(97)113(87-68-72-96(73-69-87)115(92-53-25-8-26-54-92,93-55-27-9-28-56-93)94-57-29-10-30-58-94)106-77-81(80-39-35-46-88(75-80)112-102-63-33-31-59-98(102)99-60-32-34-64-103(99)112)76-105-107(106)110(100)101-78-85(109(82-40-13-2-14-41-82,83-42-15-3-16-43-83)84-44-17-4-18-45-84)65-74-104(101)111(105)86-66-70-95(71-67-86)114(89-47-19-5-20-48-89,90-49-21-6-22-50-90)91-51-23-7-24-52-91/h1-78H. The molecule has 0 fully saturated rings. The number of benzene rings is 18. The molecule has 0 amide bonds. The number of rotatable bonds is 17. The van der Waals surface area contributed by atoms with E-state index in [2.05, 4.69) is 488 Å². The highest BCUT2D eigenvalue weighted by Gasteiger charge is 2.49. The number of hydrogen-bond acceptors (Lipinski definition) is 2. The van der Waals surface area contributed by atoms with Gasteiger partial charge in [-0.05, 0) is 164 Å². The number of anilines is 6. The van der Waals surface area contributed by atoms with Crippen molar-refractivity contribution in [1.82, 2.24) is 4.57 Å². The van der Waals surface area contributed by atoms with Crippen molar-refractivity contribution >= 4 is 137 Å². The van der Waals surface area contributed by atoms with Crippen LogP contribution < -0.4 is 67.7 Å². The first-order valence-corrected chi connectivity index (χ1v) is 44.0. The van der Waals surface area contributed by atoms with Crippen molar-refractivity contribution in [2.45, 2.75) is 5.41 Å². The third-order valence-electron chi connectivity index (χ3n) is 24.6. The maximum atomic E-state index is 2.66. The van der Waals surface area contributed by atoms with Crippen LogP contribution in [0.15, 0.2) is 473 Å². The number of fused-ring (bicyclic) bond motifs is 7. The van der Waals surface area contributed by atoms with E-state index in [4.69, 9.17) is 0 Å². The van der Waals surface area contributed by atoms with E-state index in [0.717, 1.165) is 62.1 Å². The predicted octanol–water partition coefficient (Wildman–Crippen LogP) is 19.3. The van der Waals surface area contributed by atoms with E-state index in [-0.39, 0.29) is 6.71 Å². The summed E-state index contributed by atoms with van der Waals surface area (Å²) in [4.78, 5) is 5.29. The molecule has 0 saturated carbocycles. The molecule has 0 atom stereocenters. The molecule has 0 unspecified atom stereocenters. The average Bonchev–Trinajstić information content (AvgIpc) is 1.42. The predicted molar refractivity (Wildman–Crippen MR) is 491 cm³/mol. The van der Waals surface area contributed by atoms with Crippen LogP contribution in [0, 0.1) is 0 Å². The van der Waals surface area contributed by atoms with Crippen LogP contribution in [0.3, 0.4) is 0 Å². The second-order valence-corrected chi connectivity index (χ2v) is 38.1. The molecular weight excluding hydrogens is 1420 g/mol. The van der Waals surface area contributed by atoms with Gasteiger partial charge in [-0.25, -0.2) is 0 Å². The minimum atomic E-state index is -2.99. The molecular formula is C109H78BN3Si2. The van der Waals surface area contributed by atoms with Gasteiger partial charge in [0.15, 0.2) is 16.1 Å². The van der Waals surface area contributed by atoms with Gasteiger partial charge in [0.05, 0.1) is 16.4 Å². The summed E-state index contributed by atoms with van der Waals surface area (Å²) in [5.74, 6) is 0. The Morgan fingerprint density at radius 2 is 0.574 bits per heavy atom. The first-order valence-electron chi connectivity index (χ1n) is 40.0. The zero-order chi connectivity index (χ0) is 76.3. The van der Waals surface area contributed by atoms with Gasteiger partial charge in [0.1, 0.15) is 0 Å². The van der Waals surface area contributed by atoms with Crippen molar-refractivity contribution in [1.29, 1.82) is 0 Å². The Morgan fingerprint density at radius 1 is 0.217 bits per heavy atom. The van der Waals surface area contributed by atoms with Gasteiger partial charge >= 0.3 is 0 Å². The molecule has 2 aliphatic rings. The molecule has 540 valence electrons. The van der Waals surface area contributed by atoms with Crippen LogP contribution in [-0.4, -0.2) is 27.4 Å². The molecule has 1 aromatic heterocycles. The molecule has 6 heteroatoms. The highest BCUT2D eigenvalue weighted by molar-refractivity contribution is 7.20. The summed E-state index contributed by atoms with van der Waals surface area (Å²) in [7, 11) is -5.98. The first-order chi connectivity index (χ1) is 57.1. The smallest absolute Gasteiger partial charge is 0.252 e. The monoisotopic (exact) mass is 1500 g/mol. The van der Waals surface area contributed by atoms with Gasteiger partial charge in [0.2, 0.25) is 0 Å². The second kappa shape index (κ2) is 28.9. The van der Waals surface area contributed by atoms with E-state index in [1.165, 1.54) is 102 Å². The number of aromatic nitrogens is 1. The van der Waals surface area contributed by atoms with Crippen molar-refractivity contribution in [2.24, 2.45) is 0 Å². The SMILES string of the molecule is c1ccc(-c2cccc3c2N(c2ccc([Si](c4ccccc4)(c4ccccc4)c4ccccc4)cc2)c2cc(-c4cccc(-n5c6ccccc6c6ccccc65)c4)cc4c2B3c2cc(C(c3ccccc3)(c3ccccc3)c3ccccc3)ccc2N4c2ccc([Si](c3ccccc3)(c3ccccc3)c3ccccc3)cc2)cc1. The highest BCUT2D eigenvalue weighted by atomic mass is 28.3. The molecule has 0 bridgehead atoms. The average molecular weight is 1500 g/mol. The third-order valence-corrected chi connectivity index (χ3v) is 34.2. The van der Waals surface area contributed by atoms with E-state index >= 15 is 0 Å². The molecule has 0 saturated heterocycles. The largest absolute Gasteiger partial charge is 0.311 e. The summed E-state index contributed by atoms with van der Waals surface area (Å²) >= 11 is 0. The van der Waals surface area contributed by atoms with Crippen LogP contribution >= 0.6 is 0 Å². The van der Waals surface area contributed by atoms with E-state index < -0.39 is 21.6 Å². The summed E-state index contributed by atoms with van der Waals surface area (Å²) in [6, 6.07) is 179. The zero-order valence-electron chi connectivity index (χ0n) is 63.5. The van der Waals surface area contributed by atoms with Crippen molar-refractivity contribution in [3.63, 3.8) is 0 Å². The van der Waals surface area contributed by atoms with Gasteiger partial charge in [-0.2, -0.15) is 0 Å². The quantitative estimate of drug-likeness (QED) is 0.0665. The lowest BCUT2D eigenvalue weighted by Crippen LogP contribution is -2.74. The lowest BCUT2D eigenvalue weighted by atomic mass is 9.33. The number of nitrogens with zero attached hydrogens (tertiary/aromatic N) is 3. The topological polar surface area (TPSA) is 11.4 Å². The second-order valence-electron chi connectivity index (χ2n) is 30.5. The maximum absolute atomic E-state index is 2.99. The zero-order valence-corrected chi connectivity index (χ0v) is 65.5. The fourth-order valence-corrected chi connectivity index (χ4v) is 29.3. The summed E-state index contributed by atoms with van der Waals surface area (Å²) in [6.07, 6.45) is 0. The molecule has 3 nitrogen and oxygen atoms in total. The molecule has 115 heavy (non-hydrogen) atoms. The number of para-hydroxylation sites is 3. The summed E-state index contributed by atoms with van der Waals surface area (Å²) in [5.41, 5.74) is 22.2. The molecule has 0 spiro atoms. The fourth-order valence-electron chi connectivity index (χ4n) is 19.8. The summed E-state index contributed by atoms with van der Waals surface area (Å²) < 4.78 is 2.46. The lowest BCUT2D eigenvalue weighted by molar-refractivity contribution is 0.746. The first kappa shape index (κ1) is 68.9. The number of hydrogen-bond donors (Lipinski definition) is 0. The van der Waals surface area contributed by atoms with Crippen LogP contribution in [0.4, 0.5) is 34.1 Å². The summed E-state index contributed by atoms with van der Waals surface area (Å²) in [6.45, 7) is -0.286. The molecule has 18 aromatic carbocycles.